The maximum absolute atomic E-state index is 11.6. The van der Waals surface area contributed by atoms with Crippen LogP contribution < -0.4 is 0 Å². The van der Waals surface area contributed by atoms with Crippen molar-refractivity contribution >= 4 is 22.8 Å². The van der Waals surface area contributed by atoms with Gasteiger partial charge in [0.25, 0.3) is 5.24 Å². The van der Waals surface area contributed by atoms with Crippen molar-refractivity contribution in [3.8, 4) is 0 Å². The number of hydrogen-bond donors (Lipinski definition) is 0. The average molecular weight is 285 g/mol. The van der Waals surface area contributed by atoms with Crippen LogP contribution in [0.5, 0.6) is 0 Å². The molecule has 1 aromatic carbocycles. The first-order valence-corrected chi connectivity index (χ1v) is 6.57. The van der Waals surface area contributed by atoms with Crippen molar-refractivity contribution in [3.05, 3.63) is 35.4 Å². The SMILES string of the molecule is CCCCOCCOC(=O)c1ccc(C(=O)Cl)cc1. The van der Waals surface area contributed by atoms with Crippen LogP contribution in [0, 0.1) is 0 Å². The molecule has 0 N–H and O–H groups in total. The van der Waals surface area contributed by atoms with Gasteiger partial charge in [-0.2, -0.15) is 0 Å². The topological polar surface area (TPSA) is 52.6 Å². The van der Waals surface area contributed by atoms with Crippen molar-refractivity contribution in [3.63, 3.8) is 0 Å². The van der Waals surface area contributed by atoms with Crippen LogP contribution in [0.15, 0.2) is 24.3 Å². The predicted octanol–water partition coefficient (Wildman–Crippen LogP) is 3.04. The van der Waals surface area contributed by atoms with E-state index in [0.29, 0.717) is 24.3 Å². The zero-order valence-electron chi connectivity index (χ0n) is 10.9. The minimum Gasteiger partial charge on any atom is -0.460 e. The quantitative estimate of drug-likeness (QED) is 0.418. The van der Waals surface area contributed by atoms with E-state index in [9.17, 15) is 9.59 Å². The molecule has 104 valence electrons. The molecule has 0 aliphatic rings. The molecule has 0 aromatic heterocycles. The molecule has 0 amide bonds. The van der Waals surface area contributed by atoms with Gasteiger partial charge in [0, 0.05) is 12.2 Å². The van der Waals surface area contributed by atoms with Crippen molar-refractivity contribution < 1.29 is 19.1 Å². The number of ether oxygens (including phenoxy) is 2. The van der Waals surface area contributed by atoms with Crippen LogP contribution in [0.25, 0.3) is 0 Å². The molecule has 0 unspecified atom stereocenters. The lowest BCUT2D eigenvalue weighted by Gasteiger charge is -2.06. The number of benzene rings is 1. The van der Waals surface area contributed by atoms with Crippen molar-refractivity contribution in [2.45, 2.75) is 19.8 Å². The third-order valence-electron chi connectivity index (χ3n) is 2.45. The van der Waals surface area contributed by atoms with Crippen LogP contribution in [0.3, 0.4) is 0 Å². The Kier molecular flexibility index (Phi) is 7.15. The van der Waals surface area contributed by atoms with E-state index in [1.54, 1.807) is 0 Å². The fourth-order valence-corrected chi connectivity index (χ4v) is 1.49. The number of halogens is 1. The van der Waals surface area contributed by atoms with E-state index >= 15 is 0 Å². The van der Waals surface area contributed by atoms with E-state index in [0.717, 1.165) is 12.8 Å². The number of hydrogen-bond acceptors (Lipinski definition) is 4. The highest BCUT2D eigenvalue weighted by atomic mass is 35.5. The molecule has 0 spiro atoms. The van der Waals surface area contributed by atoms with Crippen LogP contribution in [0.2, 0.25) is 0 Å². The minimum absolute atomic E-state index is 0.221. The summed E-state index contributed by atoms with van der Waals surface area (Å²) in [6, 6.07) is 6.00. The van der Waals surface area contributed by atoms with E-state index in [-0.39, 0.29) is 6.61 Å². The van der Waals surface area contributed by atoms with Gasteiger partial charge >= 0.3 is 5.97 Å². The van der Waals surface area contributed by atoms with Crippen LogP contribution in [0.1, 0.15) is 40.5 Å². The lowest BCUT2D eigenvalue weighted by Crippen LogP contribution is -2.11. The maximum atomic E-state index is 11.6. The molecule has 5 heteroatoms. The Morgan fingerprint density at radius 1 is 1.05 bits per heavy atom. The highest BCUT2D eigenvalue weighted by Gasteiger charge is 2.08. The lowest BCUT2D eigenvalue weighted by molar-refractivity contribution is 0.0313. The summed E-state index contributed by atoms with van der Waals surface area (Å²) >= 11 is 5.31. The van der Waals surface area contributed by atoms with Crippen molar-refractivity contribution in [1.82, 2.24) is 0 Å². The van der Waals surface area contributed by atoms with Gasteiger partial charge in [-0.25, -0.2) is 4.79 Å². The molecule has 0 radical (unpaired) electrons. The second kappa shape index (κ2) is 8.67. The van der Waals surface area contributed by atoms with Crippen molar-refractivity contribution in [2.75, 3.05) is 19.8 Å². The van der Waals surface area contributed by atoms with Crippen LogP contribution >= 0.6 is 11.6 Å². The van der Waals surface area contributed by atoms with Gasteiger partial charge < -0.3 is 9.47 Å². The molecule has 0 saturated carbocycles. The zero-order chi connectivity index (χ0) is 14.1. The summed E-state index contributed by atoms with van der Waals surface area (Å²) in [4.78, 5) is 22.5. The average Bonchev–Trinajstić information content (AvgIpc) is 2.42. The molecule has 4 nitrogen and oxygen atoms in total. The van der Waals surface area contributed by atoms with E-state index in [1.807, 2.05) is 0 Å². The van der Waals surface area contributed by atoms with Gasteiger partial charge in [-0.3, -0.25) is 4.79 Å². The second-order valence-corrected chi connectivity index (χ2v) is 4.30. The van der Waals surface area contributed by atoms with Crippen molar-refractivity contribution in [2.24, 2.45) is 0 Å². The van der Waals surface area contributed by atoms with Gasteiger partial charge in [0.2, 0.25) is 0 Å². The van der Waals surface area contributed by atoms with Gasteiger partial charge in [-0.05, 0) is 42.3 Å². The molecule has 0 fully saturated rings. The normalized spacial score (nSPS) is 10.2. The summed E-state index contributed by atoms with van der Waals surface area (Å²) in [7, 11) is 0. The van der Waals surface area contributed by atoms with Gasteiger partial charge in [0.05, 0.1) is 12.2 Å². The Bertz CT molecular complexity index is 414. The first kappa shape index (κ1) is 15.7. The number of unbranched alkanes of at least 4 members (excludes halogenated alkanes) is 1. The molecular weight excluding hydrogens is 268 g/mol. The summed E-state index contributed by atoms with van der Waals surface area (Å²) in [5.41, 5.74) is 0.733. The number of carbonyl (C=O) groups excluding carboxylic acids is 2. The maximum Gasteiger partial charge on any atom is 0.338 e. The summed E-state index contributed by atoms with van der Waals surface area (Å²) in [6.45, 7) is 3.38. The molecule has 19 heavy (non-hydrogen) atoms. The fraction of sp³-hybridized carbons (Fsp3) is 0.429. The first-order chi connectivity index (χ1) is 9.15. The number of esters is 1. The van der Waals surface area contributed by atoms with E-state index < -0.39 is 11.2 Å². The summed E-state index contributed by atoms with van der Waals surface area (Å²) in [5, 5.41) is -0.552. The molecule has 1 aromatic rings. The Morgan fingerprint density at radius 2 is 1.68 bits per heavy atom. The van der Waals surface area contributed by atoms with Gasteiger partial charge in [-0.1, -0.05) is 13.3 Å². The molecule has 0 atom stereocenters. The minimum atomic E-state index is -0.552. The lowest BCUT2D eigenvalue weighted by atomic mass is 10.1. The summed E-state index contributed by atoms with van der Waals surface area (Å²) in [5.74, 6) is -0.437. The second-order valence-electron chi connectivity index (χ2n) is 3.95. The largest absolute Gasteiger partial charge is 0.460 e. The number of carbonyl (C=O) groups is 2. The van der Waals surface area contributed by atoms with E-state index in [2.05, 4.69) is 6.92 Å². The molecule has 0 bridgehead atoms. The van der Waals surface area contributed by atoms with E-state index in [4.69, 9.17) is 21.1 Å². The smallest absolute Gasteiger partial charge is 0.338 e. The van der Waals surface area contributed by atoms with Gasteiger partial charge in [-0.15, -0.1) is 0 Å². The summed E-state index contributed by atoms with van der Waals surface area (Å²) < 4.78 is 10.3. The Hall–Kier alpha value is -1.39. The molecule has 0 aliphatic heterocycles. The third-order valence-corrected chi connectivity index (χ3v) is 2.67. The molecule has 0 saturated heterocycles. The van der Waals surface area contributed by atoms with Crippen molar-refractivity contribution in [1.29, 1.82) is 0 Å². The summed E-state index contributed by atoms with van der Waals surface area (Å²) in [6.07, 6.45) is 2.08. The first-order valence-electron chi connectivity index (χ1n) is 6.20. The fourth-order valence-electron chi connectivity index (χ4n) is 1.36. The highest BCUT2D eigenvalue weighted by Crippen LogP contribution is 2.08. The third kappa shape index (κ3) is 5.85. The number of rotatable bonds is 8. The predicted molar refractivity (Wildman–Crippen MR) is 72.6 cm³/mol. The Labute approximate surface area is 117 Å². The Morgan fingerprint density at radius 3 is 2.26 bits per heavy atom. The van der Waals surface area contributed by atoms with E-state index in [1.165, 1.54) is 24.3 Å². The molecule has 1 rings (SSSR count). The molecular formula is C14H17ClO4. The van der Waals surface area contributed by atoms with Gasteiger partial charge in [0.15, 0.2) is 0 Å². The molecule has 0 heterocycles. The monoisotopic (exact) mass is 284 g/mol. The standard InChI is InChI=1S/C14H17ClO4/c1-2-3-8-18-9-10-19-14(17)12-6-4-11(5-7-12)13(15)16/h4-7H,2-3,8-10H2,1H3. The Balaban J connectivity index is 2.31. The zero-order valence-corrected chi connectivity index (χ0v) is 11.6. The highest BCUT2D eigenvalue weighted by molar-refractivity contribution is 6.67. The van der Waals surface area contributed by atoms with Crippen LogP contribution in [-0.4, -0.2) is 31.0 Å². The van der Waals surface area contributed by atoms with Crippen LogP contribution in [0.4, 0.5) is 0 Å². The molecule has 0 aliphatic carbocycles. The van der Waals surface area contributed by atoms with Crippen LogP contribution in [-0.2, 0) is 9.47 Å². The van der Waals surface area contributed by atoms with Gasteiger partial charge in [0.1, 0.15) is 6.61 Å².